The third kappa shape index (κ3) is 1.59. The van der Waals surface area contributed by atoms with Crippen LogP contribution in [0, 0.1) is 5.92 Å². The summed E-state index contributed by atoms with van der Waals surface area (Å²) in [6.45, 7) is 0. The molecule has 1 aliphatic heterocycles. The van der Waals surface area contributed by atoms with Crippen LogP contribution in [0.5, 0.6) is 0 Å². The first-order valence-corrected chi connectivity index (χ1v) is 4.61. The Balaban J connectivity index is 2.23. The van der Waals surface area contributed by atoms with Gasteiger partial charge in [-0.05, 0) is 12.5 Å². The highest BCUT2D eigenvalue weighted by atomic mass is 16.2. The van der Waals surface area contributed by atoms with Gasteiger partial charge in [0.25, 0.3) is 0 Å². The van der Waals surface area contributed by atoms with Gasteiger partial charge in [-0.2, -0.15) is 0 Å². The molecular weight excluding hydrogens is 196 g/mol. The third-order valence-electron chi connectivity index (χ3n) is 2.70. The molecule has 15 heavy (non-hydrogen) atoms. The molecule has 2 amide bonds. The molecule has 2 unspecified atom stereocenters. The van der Waals surface area contributed by atoms with Crippen molar-refractivity contribution in [3.05, 3.63) is 23.4 Å². The van der Waals surface area contributed by atoms with Crippen LogP contribution in [-0.2, 0) is 9.59 Å². The van der Waals surface area contributed by atoms with Gasteiger partial charge in [-0.15, -0.1) is 0 Å². The highest BCUT2D eigenvalue weighted by Crippen LogP contribution is 2.29. The molecule has 0 aromatic carbocycles. The molecule has 2 atom stereocenters. The fourth-order valence-electron chi connectivity index (χ4n) is 1.87. The number of amides is 2. The summed E-state index contributed by atoms with van der Waals surface area (Å²) in [6.07, 6.45) is 3.84. The van der Waals surface area contributed by atoms with Gasteiger partial charge >= 0.3 is 0 Å². The first-order valence-electron chi connectivity index (χ1n) is 4.61. The number of nitrogens with one attached hydrogen (secondary N) is 2. The van der Waals surface area contributed by atoms with E-state index in [1.807, 2.05) is 0 Å². The average molecular weight is 208 g/mol. The van der Waals surface area contributed by atoms with Gasteiger partial charge in [-0.3, -0.25) is 9.59 Å². The maximum Gasteiger partial charge on any atom is 0.244 e. The average Bonchev–Trinajstić information content (AvgIpc) is 2.59. The van der Waals surface area contributed by atoms with Gasteiger partial charge in [0.05, 0.1) is 0 Å². The largest absolute Gasteiger partial charge is 0.368 e. The molecule has 1 heterocycles. The van der Waals surface area contributed by atoms with E-state index in [-0.39, 0.29) is 5.92 Å². The van der Waals surface area contributed by atoms with E-state index in [1.165, 1.54) is 0 Å². The number of allylic oxidation sites excluding steroid dienone is 2. The van der Waals surface area contributed by atoms with E-state index in [9.17, 15) is 9.59 Å². The number of fused-ring (bicyclic) bond motifs is 1. The normalized spacial score (nSPS) is 28.5. The summed E-state index contributed by atoms with van der Waals surface area (Å²) in [4.78, 5) is 22.1. The lowest BCUT2D eigenvalue weighted by atomic mass is 9.86. The van der Waals surface area contributed by atoms with Crippen LogP contribution in [0.2, 0.25) is 0 Å². The minimum Gasteiger partial charge on any atom is -0.368 e. The van der Waals surface area contributed by atoms with Crippen LogP contribution in [0.15, 0.2) is 23.4 Å². The maximum atomic E-state index is 11.1. The lowest BCUT2D eigenvalue weighted by Gasteiger charge is -2.18. The molecule has 6 heteroatoms. The second-order valence-electron chi connectivity index (χ2n) is 3.64. The molecule has 6 nitrogen and oxygen atoms in total. The Labute approximate surface area is 86.3 Å². The molecule has 1 saturated heterocycles. The Morgan fingerprint density at radius 3 is 2.67 bits per heavy atom. The van der Waals surface area contributed by atoms with Crippen molar-refractivity contribution in [3.63, 3.8) is 0 Å². The quantitative estimate of drug-likeness (QED) is 0.432. The maximum absolute atomic E-state index is 11.1. The molecule has 2 aliphatic rings. The Morgan fingerprint density at radius 1 is 1.33 bits per heavy atom. The van der Waals surface area contributed by atoms with Crippen molar-refractivity contribution in [3.8, 4) is 0 Å². The highest BCUT2D eigenvalue weighted by Gasteiger charge is 2.37. The van der Waals surface area contributed by atoms with Crippen LogP contribution in [-0.4, -0.2) is 17.9 Å². The van der Waals surface area contributed by atoms with Gasteiger partial charge in [0.15, 0.2) is 0 Å². The molecule has 0 aromatic heterocycles. The van der Waals surface area contributed by atoms with Gasteiger partial charge in [-0.1, -0.05) is 6.08 Å². The molecule has 0 bridgehead atoms. The molecule has 80 valence electrons. The number of hydrogen-bond acceptors (Lipinski definition) is 4. The molecule has 1 fully saturated rings. The van der Waals surface area contributed by atoms with Crippen molar-refractivity contribution in [2.24, 2.45) is 17.4 Å². The minimum absolute atomic E-state index is 0.116. The monoisotopic (exact) mass is 208 g/mol. The van der Waals surface area contributed by atoms with E-state index in [0.717, 1.165) is 5.70 Å². The van der Waals surface area contributed by atoms with E-state index in [2.05, 4.69) is 10.9 Å². The summed E-state index contributed by atoms with van der Waals surface area (Å²) in [6, 6.07) is -0.487. The Bertz CT molecular complexity index is 386. The number of carbonyl (C=O) groups excluding carboxylic acids is 2. The van der Waals surface area contributed by atoms with E-state index in [1.54, 1.807) is 12.2 Å². The third-order valence-corrected chi connectivity index (χ3v) is 2.70. The number of hydrazine groups is 1. The highest BCUT2D eigenvalue weighted by molar-refractivity contribution is 5.93. The van der Waals surface area contributed by atoms with Crippen LogP contribution in [0.3, 0.4) is 0 Å². The topological polar surface area (TPSA) is 110 Å². The van der Waals surface area contributed by atoms with Crippen molar-refractivity contribution in [1.82, 2.24) is 10.9 Å². The van der Waals surface area contributed by atoms with Crippen molar-refractivity contribution < 1.29 is 9.59 Å². The van der Waals surface area contributed by atoms with Crippen molar-refractivity contribution in [1.29, 1.82) is 0 Å². The number of rotatable bonds is 2. The molecule has 0 radical (unpaired) electrons. The van der Waals surface area contributed by atoms with E-state index >= 15 is 0 Å². The summed E-state index contributed by atoms with van der Waals surface area (Å²) < 4.78 is 0. The zero-order valence-electron chi connectivity index (χ0n) is 7.99. The fourth-order valence-corrected chi connectivity index (χ4v) is 1.87. The smallest absolute Gasteiger partial charge is 0.244 e. The first-order chi connectivity index (χ1) is 7.09. The molecule has 0 aromatic rings. The van der Waals surface area contributed by atoms with Crippen LogP contribution >= 0.6 is 0 Å². The summed E-state index contributed by atoms with van der Waals surface area (Å²) in [5.74, 6) is -1.02. The molecule has 0 spiro atoms. The van der Waals surface area contributed by atoms with Crippen molar-refractivity contribution in [2.45, 2.75) is 12.5 Å². The van der Waals surface area contributed by atoms with Crippen LogP contribution < -0.4 is 22.3 Å². The predicted molar refractivity (Wildman–Crippen MR) is 52.7 cm³/mol. The van der Waals surface area contributed by atoms with Gasteiger partial charge < -0.3 is 16.9 Å². The second kappa shape index (κ2) is 3.39. The lowest BCUT2D eigenvalue weighted by molar-refractivity contribution is -0.121. The van der Waals surface area contributed by atoms with Crippen LogP contribution in [0.1, 0.15) is 6.42 Å². The molecule has 2 rings (SSSR count). The van der Waals surface area contributed by atoms with E-state index < -0.39 is 17.9 Å². The number of carbonyl (C=O) groups is 2. The van der Waals surface area contributed by atoms with Gasteiger partial charge in [-0.25, -0.2) is 5.43 Å². The standard InChI is InChI=1S/C9H12N4O2/c10-8(14)4-1-2-6-5(3-4)7(9(11)15)13-12-6/h1-2,5,7,12-13H,3H2,(H2,10,14)(H2,11,15). The van der Waals surface area contributed by atoms with Gasteiger partial charge in [0.2, 0.25) is 11.8 Å². The Kier molecular flexibility index (Phi) is 2.20. The SMILES string of the molecule is NC(=O)C1=CC=C2NNC(C(N)=O)C2C1. The zero-order chi connectivity index (χ0) is 11.0. The molecular formula is C9H12N4O2. The Hall–Kier alpha value is -1.82. The van der Waals surface area contributed by atoms with Crippen molar-refractivity contribution >= 4 is 11.8 Å². The number of primary amides is 2. The van der Waals surface area contributed by atoms with Crippen LogP contribution in [0.4, 0.5) is 0 Å². The Morgan fingerprint density at radius 2 is 2.07 bits per heavy atom. The molecule has 0 saturated carbocycles. The fraction of sp³-hybridized carbons (Fsp3) is 0.333. The lowest BCUT2D eigenvalue weighted by Crippen LogP contribution is -2.43. The first kappa shape index (κ1) is 9.72. The van der Waals surface area contributed by atoms with Gasteiger partial charge in [0.1, 0.15) is 6.04 Å². The second-order valence-corrected chi connectivity index (χ2v) is 3.64. The zero-order valence-corrected chi connectivity index (χ0v) is 7.99. The number of hydrogen-bond donors (Lipinski definition) is 4. The summed E-state index contributed by atoms with van der Waals surface area (Å²) in [7, 11) is 0. The molecule has 6 N–H and O–H groups in total. The minimum atomic E-state index is -0.487. The number of nitrogens with two attached hydrogens (primary N) is 2. The van der Waals surface area contributed by atoms with Gasteiger partial charge in [0, 0.05) is 17.2 Å². The van der Waals surface area contributed by atoms with Crippen LogP contribution in [0.25, 0.3) is 0 Å². The van der Waals surface area contributed by atoms with Crippen molar-refractivity contribution in [2.75, 3.05) is 0 Å². The summed E-state index contributed by atoms with van der Waals surface area (Å²) >= 11 is 0. The summed E-state index contributed by atoms with van der Waals surface area (Å²) in [5, 5.41) is 0. The predicted octanol–water partition coefficient (Wildman–Crippen LogP) is -1.74. The summed E-state index contributed by atoms with van der Waals surface area (Å²) in [5.41, 5.74) is 17.4. The van der Waals surface area contributed by atoms with E-state index in [4.69, 9.17) is 11.5 Å². The molecule has 1 aliphatic carbocycles. The van der Waals surface area contributed by atoms with E-state index in [0.29, 0.717) is 12.0 Å².